The zero-order chi connectivity index (χ0) is 6.85. The molecule has 0 bridgehead atoms. The predicted octanol–water partition coefficient (Wildman–Crippen LogP) is 0.858. The molecule has 1 aliphatic heterocycles. The summed E-state index contributed by atoms with van der Waals surface area (Å²) in [5.41, 5.74) is 0. The minimum absolute atomic E-state index is 0.119. The van der Waals surface area contributed by atoms with Crippen molar-refractivity contribution in [3.05, 3.63) is 0 Å². The van der Waals surface area contributed by atoms with E-state index in [9.17, 15) is 4.79 Å². The van der Waals surface area contributed by atoms with Crippen LogP contribution in [0.5, 0.6) is 0 Å². The first-order chi connectivity index (χ1) is 4.22. The first-order valence-corrected chi connectivity index (χ1v) is 3.33. The Morgan fingerprint density at radius 1 is 1.33 bits per heavy atom. The number of Topliss-reactive ketones (excluding diaryl/α,β-unsaturated/α-hetero) is 1. The molecule has 0 aromatic heterocycles. The van der Waals surface area contributed by atoms with Crippen LogP contribution in [0.25, 0.3) is 0 Å². The maximum Gasteiger partial charge on any atom is 0.143 e. The Bertz CT molecular complexity index is 108. The maximum atomic E-state index is 11.0. The first kappa shape index (κ1) is 6.75. The van der Waals surface area contributed by atoms with Crippen molar-refractivity contribution >= 4 is 5.78 Å². The molecular formula is C7H12O2. The summed E-state index contributed by atoms with van der Waals surface area (Å²) in [6.45, 7) is 5.06. The van der Waals surface area contributed by atoms with Gasteiger partial charge < -0.3 is 4.74 Å². The molecule has 0 saturated carbocycles. The fourth-order valence-corrected chi connectivity index (χ4v) is 1.07. The zero-order valence-corrected chi connectivity index (χ0v) is 5.89. The Morgan fingerprint density at radius 3 is 2.11 bits per heavy atom. The molecule has 9 heavy (non-hydrogen) atoms. The van der Waals surface area contributed by atoms with Crippen LogP contribution in [0.1, 0.15) is 13.8 Å². The molecule has 2 nitrogen and oxygen atoms in total. The van der Waals surface area contributed by atoms with Crippen molar-refractivity contribution in [2.45, 2.75) is 13.8 Å². The molecule has 1 fully saturated rings. The van der Waals surface area contributed by atoms with Gasteiger partial charge in [-0.1, -0.05) is 13.8 Å². The number of ketones is 1. The SMILES string of the molecule is CC1COCC(C)C1=O. The van der Waals surface area contributed by atoms with Crippen LogP contribution < -0.4 is 0 Å². The van der Waals surface area contributed by atoms with Crippen LogP contribution in [0.2, 0.25) is 0 Å². The standard InChI is InChI=1S/C7H12O2/c1-5-3-9-4-6(2)7(5)8/h5-6H,3-4H2,1-2H3. The average molecular weight is 128 g/mol. The molecular weight excluding hydrogens is 116 g/mol. The lowest BCUT2D eigenvalue weighted by Gasteiger charge is -2.22. The summed E-state index contributed by atoms with van der Waals surface area (Å²) in [5, 5.41) is 0. The van der Waals surface area contributed by atoms with Crippen molar-refractivity contribution in [1.29, 1.82) is 0 Å². The molecule has 0 radical (unpaired) electrons. The van der Waals surface area contributed by atoms with Crippen molar-refractivity contribution in [1.82, 2.24) is 0 Å². The third kappa shape index (κ3) is 1.30. The fraction of sp³-hybridized carbons (Fsp3) is 0.857. The molecule has 0 amide bonds. The van der Waals surface area contributed by atoms with Gasteiger partial charge in [-0.15, -0.1) is 0 Å². The molecule has 2 heteroatoms. The second-order valence-electron chi connectivity index (χ2n) is 2.74. The Kier molecular flexibility index (Phi) is 1.86. The minimum atomic E-state index is 0.119. The Labute approximate surface area is 55.2 Å². The van der Waals surface area contributed by atoms with Crippen LogP contribution in [0.4, 0.5) is 0 Å². The smallest absolute Gasteiger partial charge is 0.143 e. The van der Waals surface area contributed by atoms with Gasteiger partial charge in [-0.05, 0) is 0 Å². The fourth-order valence-electron chi connectivity index (χ4n) is 1.07. The highest BCUT2D eigenvalue weighted by atomic mass is 16.5. The summed E-state index contributed by atoms with van der Waals surface area (Å²) >= 11 is 0. The average Bonchev–Trinajstić information content (AvgIpc) is 1.83. The van der Waals surface area contributed by atoms with E-state index in [2.05, 4.69) is 0 Å². The summed E-state index contributed by atoms with van der Waals surface area (Å²) < 4.78 is 5.14. The van der Waals surface area contributed by atoms with E-state index in [-0.39, 0.29) is 11.8 Å². The zero-order valence-electron chi connectivity index (χ0n) is 5.89. The van der Waals surface area contributed by atoms with E-state index in [1.807, 2.05) is 13.8 Å². The third-order valence-corrected chi connectivity index (χ3v) is 1.71. The largest absolute Gasteiger partial charge is 0.380 e. The van der Waals surface area contributed by atoms with E-state index in [0.717, 1.165) is 0 Å². The van der Waals surface area contributed by atoms with Crippen molar-refractivity contribution in [3.63, 3.8) is 0 Å². The molecule has 0 aromatic rings. The second kappa shape index (κ2) is 2.48. The number of ether oxygens (including phenoxy) is 1. The Balaban J connectivity index is 2.52. The van der Waals surface area contributed by atoms with Crippen LogP contribution in [-0.4, -0.2) is 19.0 Å². The van der Waals surface area contributed by atoms with E-state index in [4.69, 9.17) is 4.74 Å². The molecule has 1 aliphatic rings. The molecule has 0 aliphatic carbocycles. The highest BCUT2D eigenvalue weighted by Crippen LogP contribution is 2.13. The highest BCUT2D eigenvalue weighted by molar-refractivity contribution is 5.83. The van der Waals surface area contributed by atoms with Gasteiger partial charge in [0.1, 0.15) is 5.78 Å². The molecule has 2 atom stereocenters. The Hall–Kier alpha value is -0.370. The first-order valence-electron chi connectivity index (χ1n) is 3.33. The quantitative estimate of drug-likeness (QED) is 0.483. The molecule has 0 N–H and O–H groups in total. The third-order valence-electron chi connectivity index (χ3n) is 1.71. The molecule has 2 unspecified atom stereocenters. The monoisotopic (exact) mass is 128 g/mol. The lowest BCUT2D eigenvalue weighted by Crippen LogP contribution is -2.32. The van der Waals surface area contributed by atoms with Crippen LogP contribution in [0, 0.1) is 11.8 Å². The van der Waals surface area contributed by atoms with E-state index in [1.165, 1.54) is 0 Å². The highest BCUT2D eigenvalue weighted by Gasteiger charge is 2.24. The number of rotatable bonds is 0. The lowest BCUT2D eigenvalue weighted by atomic mass is 9.95. The van der Waals surface area contributed by atoms with Gasteiger partial charge in [-0.2, -0.15) is 0 Å². The molecule has 0 aromatic carbocycles. The van der Waals surface area contributed by atoms with Crippen molar-refractivity contribution < 1.29 is 9.53 Å². The van der Waals surface area contributed by atoms with Gasteiger partial charge in [0.05, 0.1) is 13.2 Å². The van der Waals surface area contributed by atoms with Crippen molar-refractivity contribution in [3.8, 4) is 0 Å². The summed E-state index contributed by atoms with van der Waals surface area (Å²) in [5.74, 6) is 0.587. The molecule has 1 heterocycles. The number of carbonyl (C=O) groups excluding carboxylic acids is 1. The van der Waals surface area contributed by atoms with Crippen molar-refractivity contribution in [2.75, 3.05) is 13.2 Å². The van der Waals surface area contributed by atoms with Crippen molar-refractivity contribution in [2.24, 2.45) is 11.8 Å². The summed E-state index contributed by atoms with van der Waals surface area (Å²) in [6.07, 6.45) is 0. The second-order valence-corrected chi connectivity index (χ2v) is 2.74. The number of carbonyl (C=O) groups is 1. The maximum absolute atomic E-state index is 11.0. The summed E-state index contributed by atoms with van der Waals surface area (Å²) in [7, 11) is 0. The van der Waals surface area contributed by atoms with Gasteiger partial charge in [0.15, 0.2) is 0 Å². The van der Waals surface area contributed by atoms with Gasteiger partial charge >= 0.3 is 0 Å². The van der Waals surface area contributed by atoms with E-state index < -0.39 is 0 Å². The Morgan fingerprint density at radius 2 is 1.78 bits per heavy atom. The van der Waals surface area contributed by atoms with E-state index in [0.29, 0.717) is 19.0 Å². The summed E-state index contributed by atoms with van der Waals surface area (Å²) in [6, 6.07) is 0. The number of hydrogen-bond donors (Lipinski definition) is 0. The van der Waals surface area contributed by atoms with Gasteiger partial charge in [-0.25, -0.2) is 0 Å². The molecule has 52 valence electrons. The van der Waals surface area contributed by atoms with E-state index in [1.54, 1.807) is 0 Å². The lowest BCUT2D eigenvalue weighted by molar-refractivity contribution is -0.135. The predicted molar refractivity (Wildman–Crippen MR) is 34.2 cm³/mol. The van der Waals surface area contributed by atoms with Gasteiger partial charge in [0, 0.05) is 11.8 Å². The van der Waals surface area contributed by atoms with Crippen LogP contribution in [-0.2, 0) is 9.53 Å². The molecule has 1 saturated heterocycles. The van der Waals surface area contributed by atoms with Gasteiger partial charge in [0.25, 0.3) is 0 Å². The normalized spacial score (nSPS) is 36.9. The summed E-state index contributed by atoms with van der Waals surface area (Å²) in [4.78, 5) is 11.0. The van der Waals surface area contributed by atoms with Crippen LogP contribution >= 0.6 is 0 Å². The number of hydrogen-bond acceptors (Lipinski definition) is 2. The van der Waals surface area contributed by atoms with Crippen LogP contribution in [0.3, 0.4) is 0 Å². The van der Waals surface area contributed by atoms with Gasteiger partial charge in [-0.3, -0.25) is 4.79 Å². The topological polar surface area (TPSA) is 26.3 Å². The van der Waals surface area contributed by atoms with Crippen LogP contribution in [0.15, 0.2) is 0 Å². The molecule has 1 rings (SSSR count). The van der Waals surface area contributed by atoms with Gasteiger partial charge in [0.2, 0.25) is 0 Å². The minimum Gasteiger partial charge on any atom is -0.380 e. The van der Waals surface area contributed by atoms with E-state index >= 15 is 0 Å². The molecule has 0 spiro atoms.